The van der Waals surface area contributed by atoms with E-state index in [2.05, 4.69) is 29.2 Å². The maximum Gasteiger partial charge on any atom is 0.160 e. The zero-order valence-electron chi connectivity index (χ0n) is 11.5. The fraction of sp³-hybridized carbons (Fsp3) is 0.571. The number of hydrogen-bond acceptors (Lipinski definition) is 5. The molecule has 1 saturated carbocycles. The third kappa shape index (κ3) is 2.13. The second-order valence-electron chi connectivity index (χ2n) is 5.66. The van der Waals surface area contributed by atoms with Gasteiger partial charge in [-0.25, -0.2) is 4.63 Å². The first-order chi connectivity index (χ1) is 9.16. The van der Waals surface area contributed by atoms with Crippen molar-refractivity contribution in [3.05, 3.63) is 12.1 Å². The van der Waals surface area contributed by atoms with E-state index in [1.54, 1.807) is 0 Å². The van der Waals surface area contributed by atoms with Gasteiger partial charge >= 0.3 is 0 Å². The summed E-state index contributed by atoms with van der Waals surface area (Å²) in [6, 6.07) is 4.46. The summed E-state index contributed by atoms with van der Waals surface area (Å²) in [5, 5.41) is 7.88. The van der Waals surface area contributed by atoms with Crippen LogP contribution in [0.3, 0.4) is 0 Å². The predicted octanol–water partition coefficient (Wildman–Crippen LogP) is 2.82. The van der Waals surface area contributed by atoms with Gasteiger partial charge in [-0.15, -0.1) is 0 Å². The van der Waals surface area contributed by atoms with Gasteiger partial charge in [0.15, 0.2) is 11.0 Å². The van der Waals surface area contributed by atoms with Crippen LogP contribution in [0.2, 0.25) is 0 Å². The van der Waals surface area contributed by atoms with Gasteiger partial charge < -0.3 is 10.6 Å². The molecule has 1 aromatic heterocycles. The highest BCUT2D eigenvalue weighted by Crippen LogP contribution is 2.33. The second kappa shape index (κ2) is 4.72. The molecule has 0 amide bonds. The van der Waals surface area contributed by atoms with E-state index < -0.39 is 0 Å². The number of nitrogens with two attached hydrogens (primary N) is 1. The zero-order valence-corrected chi connectivity index (χ0v) is 11.5. The fourth-order valence-electron chi connectivity index (χ4n) is 2.98. The molecule has 0 bridgehead atoms. The van der Waals surface area contributed by atoms with Gasteiger partial charge in [-0.2, -0.15) is 0 Å². The average molecular weight is 260 g/mol. The molecule has 1 aromatic carbocycles. The van der Waals surface area contributed by atoms with Gasteiger partial charge in [0.25, 0.3) is 0 Å². The highest BCUT2D eigenvalue weighted by molar-refractivity contribution is 5.95. The topological polar surface area (TPSA) is 68.2 Å². The highest BCUT2D eigenvalue weighted by Gasteiger charge is 2.24. The summed E-state index contributed by atoms with van der Waals surface area (Å²) >= 11 is 0. The number of aromatic nitrogens is 2. The molecule has 2 aromatic rings. The summed E-state index contributed by atoms with van der Waals surface area (Å²) in [4.78, 5) is 2.30. The van der Waals surface area contributed by atoms with Crippen LogP contribution in [-0.4, -0.2) is 23.4 Å². The van der Waals surface area contributed by atoms with E-state index in [9.17, 15) is 0 Å². The molecule has 5 heteroatoms. The van der Waals surface area contributed by atoms with Crippen LogP contribution in [0.1, 0.15) is 32.6 Å². The van der Waals surface area contributed by atoms with Gasteiger partial charge in [-0.1, -0.05) is 6.92 Å². The molecule has 0 saturated heterocycles. The lowest BCUT2D eigenvalue weighted by Crippen LogP contribution is -2.34. The number of rotatable bonds is 2. The molecule has 1 heterocycles. The number of nitrogens with zero attached hydrogens (tertiary/aromatic N) is 3. The Labute approximate surface area is 112 Å². The predicted molar refractivity (Wildman–Crippen MR) is 76.0 cm³/mol. The molecule has 0 radical (unpaired) electrons. The number of fused-ring (bicyclic) bond motifs is 1. The molecule has 1 aliphatic rings. The SMILES string of the molecule is CC1CCC(N(C)c2ccc(N)c3nonc23)CC1. The van der Waals surface area contributed by atoms with Crippen molar-refractivity contribution in [3.63, 3.8) is 0 Å². The van der Waals surface area contributed by atoms with Crippen molar-refractivity contribution < 1.29 is 4.63 Å². The molecule has 102 valence electrons. The van der Waals surface area contributed by atoms with Crippen LogP contribution >= 0.6 is 0 Å². The Bertz CT molecular complexity index is 572. The lowest BCUT2D eigenvalue weighted by molar-refractivity contribution is 0.315. The molecule has 3 rings (SSSR count). The molecule has 5 nitrogen and oxygen atoms in total. The monoisotopic (exact) mass is 260 g/mol. The van der Waals surface area contributed by atoms with Crippen molar-refractivity contribution in [3.8, 4) is 0 Å². The number of nitrogen functional groups attached to an aromatic ring is 1. The maximum atomic E-state index is 5.89. The van der Waals surface area contributed by atoms with Gasteiger partial charge in [0, 0.05) is 13.1 Å². The minimum Gasteiger partial charge on any atom is -0.397 e. The third-order valence-electron chi connectivity index (χ3n) is 4.34. The van der Waals surface area contributed by atoms with Crippen molar-refractivity contribution >= 4 is 22.4 Å². The molecule has 1 fully saturated rings. The van der Waals surface area contributed by atoms with Gasteiger partial charge in [0.2, 0.25) is 0 Å². The fourth-order valence-corrected chi connectivity index (χ4v) is 2.98. The molecule has 2 N–H and O–H groups in total. The molecular weight excluding hydrogens is 240 g/mol. The second-order valence-corrected chi connectivity index (χ2v) is 5.66. The lowest BCUT2D eigenvalue weighted by atomic mass is 9.86. The van der Waals surface area contributed by atoms with Gasteiger partial charge in [-0.05, 0) is 54.0 Å². The summed E-state index contributed by atoms with van der Waals surface area (Å²) < 4.78 is 4.83. The van der Waals surface area contributed by atoms with Crippen LogP contribution in [-0.2, 0) is 0 Å². The highest BCUT2D eigenvalue weighted by atomic mass is 16.6. The smallest absolute Gasteiger partial charge is 0.160 e. The van der Waals surface area contributed by atoms with E-state index in [4.69, 9.17) is 10.4 Å². The Kier molecular flexibility index (Phi) is 3.05. The maximum absolute atomic E-state index is 5.89. The Balaban J connectivity index is 1.91. The molecule has 0 atom stereocenters. The molecule has 19 heavy (non-hydrogen) atoms. The van der Waals surface area contributed by atoms with Crippen molar-refractivity contribution in [2.24, 2.45) is 5.92 Å². The lowest BCUT2D eigenvalue weighted by Gasteiger charge is -2.35. The van der Waals surface area contributed by atoms with Gasteiger partial charge in [0.1, 0.15) is 0 Å². The quantitative estimate of drug-likeness (QED) is 0.841. The van der Waals surface area contributed by atoms with E-state index in [1.807, 2.05) is 12.1 Å². The Morgan fingerprint density at radius 1 is 1.16 bits per heavy atom. The van der Waals surface area contributed by atoms with Crippen LogP contribution in [0.4, 0.5) is 11.4 Å². The van der Waals surface area contributed by atoms with Crippen LogP contribution in [0, 0.1) is 5.92 Å². The molecule has 0 unspecified atom stereocenters. The summed E-state index contributed by atoms with van der Waals surface area (Å²) in [6.45, 7) is 2.33. The molecule has 0 aliphatic heterocycles. The Morgan fingerprint density at radius 2 is 1.84 bits per heavy atom. The van der Waals surface area contributed by atoms with E-state index >= 15 is 0 Å². The summed E-state index contributed by atoms with van der Waals surface area (Å²) in [5.74, 6) is 0.852. The van der Waals surface area contributed by atoms with Crippen LogP contribution in [0.15, 0.2) is 16.8 Å². The van der Waals surface area contributed by atoms with Crippen molar-refractivity contribution in [2.75, 3.05) is 17.7 Å². The first-order valence-electron chi connectivity index (χ1n) is 6.90. The van der Waals surface area contributed by atoms with Crippen LogP contribution in [0.25, 0.3) is 11.0 Å². The normalized spacial score (nSPS) is 23.7. The summed E-state index contributed by atoms with van der Waals surface area (Å²) in [6.07, 6.45) is 5.05. The van der Waals surface area contributed by atoms with Crippen molar-refractivity contribution in [2.45, 2.75) is 38.6 Å². The van der Waals surface area contributed by atoms with E-state index in [1.165, 1.54) is 25.7 Å². The first kappa shape index (κ1) is 12.3. The van der Waals surface area contributed by atoms with Crippen LogP contribution < -0.4 is 10.6 Å². The Hall–Kier alpha value is -1.78. The molecule has 1 aliphatic carbocycles. The minimum atomic E-state index is 0.569. The average Bonchev–Trinajstić information content (AvgIpc) is 2.89. The number of benzene rings is 1. The van der Waals surface area contributed by atoms with Crippen LogP contribution in [0.5, 0.6) is 0 Å². The molecular formula is C14H20N4O. The van der Waals surface area contributed by atoms with Crippen molar-refractivity contribution in [1.29, 1.82) is 0 Å². The standard InChI is InChI=1S/C14H20N4O/c1-9-3-5-10(6-4-9)18(2)12-8-7-11(15)13-14(12)17-19-16-13/h7-10H,3-6,15H2,1-2H3. The third-order valence-corrected chi connectivity index (χ3v) is 4.34. The molecule has 0 spiro atoms. The van der Waals surface area contributed by atoms with Gasteiger partial charge in [-0.3, -0.25) is 0 Å². The van der Waals surface area contributed by atoms with E-state index in [0.29, 0.717) is 17.2 Å². The minimum absolute atomic E-state index is 0.569. The Morgan fingerprint density at radius 3 is 2.58 bits per heavy atom. The van der Waals surface area contributed by atoms with E-state index in [0.717, 1.165) is 17.1 Å². The van der Waals surface area contributed by atoms with Crippen molar-refractivity contribution in [1.82, 2.24) is 10.3 Å². The summed E-state index contributed by atoms with van der Waals surface area (Å²) in [5.41, 5.74) is 8.99. The van der Waals surface area contributed by atoms with Gasteiger partial charge in [0.05, 0.1) is 11.4 Å². The van der Waals surface area contributed by atoms with E-state index in [-0.39, 0.29) is 0 Å². The number of hydrogen-bond donors (Lipinski definition) is 1. The number of anilines is 2. The first-order valence-corrected chi connectivity index (χ1v) is 6.90. The largest absolute Gasteiger partial charge is 0.397 e. The summed E-state index contributed by atoms with van der Waals surface area (Å²) in [7, 11) is 2.13. The zero-order chi connectivity index (χ0) is 13.4.